The van der Waals surface area contributed by atoms with Crippen LogP contribution >= 0.6 is 0 Å². The van der Waals surface area contributed by atoms with E-state index in [1.54, 1.807) is 18.7 Å². The fraction of sp³-hybridized carbons (Fsp3) is 0.562. The van der Waals surface area contributed by atoms with Crippen LogP contribution in [0.2, 0.25) is 0 Å². The van der Waals surface area contributed by atoms with Crippen LogP contribution in [0, 0.1) is 0 Å². The van der Waals surface area contributed by atoms with Gasteiger partial charge in [-0.3, -0.25) is 0 Å². The molecule has 104 valence electrons. The molecule has 3 heteroatoms. The minimum absolute atomic E-state index is 0.920. The number of aromatic nitrogens is 2. The van der Waals surface area contributed by atoms with E-state index in [4.69, 9.17) is 4.74 Å². The summed E-state index contributed by atoms with van der Waals surface area (Å²) in [6.07, 6.45) is 20.0. The zero-order valence-electron chi connectivity index (χ0n) is 11.6. The van der Waals surface area contributed by atoms with E-state index < -0.39 is 0 Å². The lowest BCUT2D eigenvalue weighted by Crippen LogP contribution is -1.96. The summed E-state index contributed by atoms with van der Waals surface area (Å²) in [5.41, 5.74) is 1.48. The van der Waals surface area contributed by atoms with Crippen LogP contribution in [0.4, 0.5) is 0 Å². The Kier molecular flexibility index (Phi) is 6.27. The summed E-state index contributed by atoms with van der Waals surface area (Å²) >= 11 is 0. The number of rotatable bonds is 1. The molecule has 0 radical (unpaired) electrons. The molecular formula is C16H24N2O. The molecule has 0 spiro atoms. The van der Waals surface area contributed by atoms with Gasteiger partial charge in [-0.2, -0.15) is 0 Å². The topological polar surface area (TPSA) is 37.9 Å². The van der Waals surface area contributed by atoms with Crippen molar-refractivity contribution in [2.75, 3.05) is 6.61 Å². The first-order valence-electron chi connectivity index (χ1n) is 7.42. The second kappa shape index (κ2) is 8.57. The predicted octanol–water partition coefficient (Wildman–Crippen LogP) is 4.37. The fourth-order valence-corrected chi connectivity index (χ4v) is 2.40. The molecule has 0 atom stereocenters. The van der Waals surface area contributed by atoms with Crippen LogP contribution in [0.1, 0.15) is 51.4 Å². The summed E-state index contributed by atoms with van der Waals surface area (Å²) in [6, 6.07) is 0. The third-order valence-corrected chi connectivity index (χ3v) is 3.45. The monoisotopic (exact) mass is 260 g/mol. The predicted molar refractivity (Wildman–Crippen MR) is 77.6 cm³/mol. The largest absolute Gasteiger partial charge is 0.494 e. The lowest BCUT2D eigenvalue weighted by molar-refractivity contribution is 0.219. The quantitative estimate of drug-likeness (QED) is 0.814. The maximum Gasteiger partial charge on any atom is 0.118 e. The highest BCUT2D eigenvalue weighted by Gasteiger charge is 2.10. The molecule has 0 aromatic carbocycles. The zero-order valence-corrected chi connectivity index (χ0v) is 11.6. The van der Waals surface area contributed by atoms with Gasteiger partial charge in [-0.1, -0.05) is 12.5 Å². The number of nitrogens with one attached hydrogen (secondary N) is 1. The van der Waals surface area contributed by atoms with Crippen molar-refractivity contribution >= 4 is 0 Å². The summed E-state index contributed by atoms with van der Waals surface area (Å²) < 4.78 is 5.79. The van der Waals surface area contributed by atoms with E-state index in [0.717, 1.165) is 6.61 Å². The summed E-state index contributed by atoms with van der Waals surface area (Å²) in [6.45, 7) is 0.920. The lowest BCUT2D eigenvalue weighted by atomic mass is 10.1. The highest BCUT2D eigenvalue weighted by Crippen LogP contribution is 2.26. The van der Waals surface area contributed by atoms with Crippen LogP contribution in [0.15, 0.2) is 42.2 Å². The van der Waals surface area contributed by atoms with Gasteiger partial charge in [0.2, 0.25) is 0 Å². The third kappa shape index (κ3) is 5.33. The molecule has 0 amide bonds. The average molecular weight is 260 g/mol. The van der Waals surface area contributed by atoms with E-state index in [1.165, 1.54) is 62.7 Å². The number of imidazole rings is 1. The number of hydrogen-bond donors (Lipinski definition) is 1. The van der Waals surface area contributed by atoms with Gasteiger partial charge in [-0.25, -0.2) is 4.98 Å². The Morgan fingerprint density at radius 1 is 1.00 bits per heavy atom. The zero-order chi connectivity index (χ0) is 13.2. The van der Waals surface area contributed by atoms with Crippen LogP contribution < -0.4 is 0 Å². The van der Waals surface area contributed by atoms with E-state index in [2.05, 4.69) is 22.1 Å². The Labute approximate surface area is 115 Å². The first-order chi connectivity index (χ1) is 9.47. The molecule has 1 aromatic heterocycles. The number of hydrogen-bond acceptors (Lipinski definition) is 2. The highest BCUT2D eigenvalue weighted by atomic mass is 16.5. The van der Waals surface area contributed by atoms with Crippen LogP contribution in [0.3, 0.4) is 0 Å². The molecule has 0 unspecified atom stereocenters. The van der Waals surface area contributed by atoms with Gasteiger partial charge < -0.3 is 9.72 Å². The number of aromatic amines is 1. The van der Waals surface area contributed by atoms with Crippen LogP contribution in [0.5, 0.6) is 0 Å². The maximum atomic E-state index is 5.79. The molecule has 3 nitrogen and oxygen atoms in total. The van der Waals surface area contributed by atoms with Crippen molar-refractivity contribution in [3.63, 3.8) is 0 Å². The molecule has 1 aliphatic carbocycles. The van der Waals surface area contributed by atoms with Crippen LogP contribution in [-0.4, -0.2) is 16.6 Å². The van der Waals surface area contributed by atoms with Crippen molar-refractivity contribution < 1.29 is 4.74 Å². The normalized spacial score (nSPS) is 19.8. The molecule has 1 aromatic rings. The minimum Gasteiger partial charge on any atom is -0.494 e. The molecule has 1 aliphatic heterocycles. The Bertz CT molecular complexity index is 350. The van der Waals surface area contributed by atoms with Gasteiger partial charge in [-0.05, 0) is 56.6 Å². The van der Waals surface area contributed by atoms with Crippen molar-refractivity contribution in [2.24, 2.45) is 0 Å². The first kappa shape index (κ1) is 13.9. The molecule has 0 saturated heterocycles. The molecule has 2 heterocycles. The first-order valence-corrected chi connectivity index (χ1v) is 7.42. The minimum atomic E-state index is 0.920. The van der Waals surface area contributed by atoms with Crippen molar-refractivity contribution in [1.82, 2.24) is 9.97 Å². The Balaban J connectivity index is 0.000000224. The average Bonchev–Trinajstić information content (AvgIpc) is 2.76. The number of nitrogens with zero attached hydrogens (tertiary/aromatic N) is 1. The molecule has 2 aliphatic rings. The smallest absolute Gasteiger partial charge is 0.118 e. The lowest BCUT2D eigenvalue weighted by Gasteiger charge is -2.10. The van der Waals surface area contributed by atoms with Gasteiger partial charge in [0.1, 0.15) is 5.76 Å². The summed E-state index contributed by atoms with van der Waals surface area (Å²) in [5.74, 6) is 1.20. The summed E-state index contributed by atoms with van der Waals surface area (Å²) in [7, 11) is 0. The molecule has 0 bridgehead atoms. The third-order valence-electron chi connectivity index (χ3n) is 3.45. The van der Waals surface area contributed by atoms with Crippen molar-refractivity contribution in [3.05, 3.63) is 42.2 Å². The standard InChI is InChI=1S/C13H20O.C3H4N2/c1-2-5-9-12(8-4-1)13-10-6-3-7-11-14-13;1-2-5-3-4-1/h8,10H,1-7,9,11H2;1-3H,(H,4,5). The number of allylic oxidation sites excluding steroid dienone is 3. The summed E-state index contributed by atoms with van der Waals surface area (Å²) in [5, 5.41) is 0. The Morgan fingerprint density at radius 2 is 1.89 bits per heavy atom. The summed E-state index contributed by atoms with van der Waals surface area (Å²) in [4.78, 5) is 6.42. The van der Waals surface area contributed by atoms with Gasteiger partial charge in [0.25, 0.3) is 0 Å². The van der Waals surface area contributed by atoms with Gasteiger partial charge in [-0.15, -0.1) is 0 Å². The Hall–Kier alpha value is -1.51. The van der Waals surface area contributed by atoms with Gasteiger partial charge >= 0.3 is 0 Å². The number of ether oxygens (including phenoxy) is 1. The van der Waals surface area contributed by atoms with Gasteiger partial charge in [0.05, 0.1) is 12.9 Å². The number of H-pyrrole nitrogens is 1. The molecular weight excluding hydrogens is 236 g/mol. The molecule has 3 rings (SSSR count). The van der Waals surface area contributed by atoms with Crippen LogP contribution in [0.25, 0.3) is 0 Å². The van der Waals surface area contributed by atoms with E-state index in [0.29, 0.717) is 0 Å². The molecule has 19 heavy (non-hydrogen) atoms. The van der Waals surface area contributed by atoms with E-state index in [-0.39, 0.29) is 0 Å². The van der Waals surface area contributed by atoms with Crippen molar-refractivity contribution in [3.8, 4) is 0 Å². The van der Waals surface area contributed by atoms with Crippen LogP contribution in [-0.2, 0) is 4.74 Å². The second-order valence-electron chi connectivity index (χ2n) is 5.00. The van der Waals surface area contributed by atoms with Gasteiger partial charge in [0.15, 0.2) is 0 Å². The van der Waals surface area contributed by atoms with Crippen molar-refractivity contribution in [1.29, 1.82) is 0 Å². The van der Waals surface area contributed by atoms with E-state index >= 15 is 0 Å². The van der Waals surface area contributed by atoms with E-state index in [9.17, 15) is 0 Å². The molecule has 0 fully saturated rings. The van der Waals surface area contributed by atoms with Gasteiger partial charge in [0, 0.05) is 12.4 Å². The van der Waals surface area contributed by atoms with E-state index in [1.807, 2.05) is 0 Å². The second-order valence-corrected chi connectivity index (χ2v) is 5.00. The van der Waals surface area contributed by atoms with Crippen molar-refractivity contribution in [2.45, 2.75) is 51.4 Å². The maximum absolute atomic E-state index is 5.79. The fourth-order valence-electron chi connectivity index (χ4n) is 2.40. The SMILES string of the molecule is C1=C(C2=CCCCCO2)CCCCC1.c1c[nH]cn1. The Morgan fingerprint density at radius 3 is 2.68 bits per heavy atom. The molecule has 1 N–H and O–H groups in total. The molecule has 0 saturated carbocycles. The highest BCUT2D eigenvalue weighted by molar-refractivity contribution is 5.26.